The summed E-state index contributed by atoms with van der Waals surface area (Å²) in [7, 11) is 0. The molecule has 0 aliphatic heterocycles. The van der Waals surface area contributed by atoms with Crippen LogP contribution < -0.4 is 5.32 Å². The molecule has 1 aromatic heterocycles. The normalized spacial score (nSPS) is 9.87. The minimum absolute atomic E-state index is 0.129. The molecule has 0 aliphatic carbocycles. The fourth-order valence-corrected chi connectivity index (χ4v) is 1.76. The third-order valence-electron chi connectivity index (χ3n) is 1.87. The summed E-state index contributed by atoms with van der Waals surface area (Å²) in [6.07, 6.45) is 0. The second kappa shape index (κ2) is 4.14. The molecule has 2 rings (SSSR count). The van der Waals surface area contributed by atoms with Crippen molar-refractivity contribution in [3.8, 4) is 5.75 Å². The molecule has 0 fully saturated rings. The highest BCUT2D eigenvalue weighted by atomic mass is 32.1. The number of nitrogens with one attached hydrogen (secondary N) is 1. The largest absolute Gasteiger partial charge is 0.508 e. The van der Waals surface area contributed by atoms with Crippen LogP contribution in [0.3, 0.4) is 0 Å². The van der Waals surface area contributed by atoms with Crippen molar-refractivity contribution >= 4 is 22.9 Å². The Morgan fingerprint density at radius 2 is 1.93 bits per heavy atom. The van der Waals surface area contributed by atoms with Crippen LogP contribution in [0.15, 0.2) is 41.8 Å². The predicted octanol–water partition coefficient (Wildman–Crippen LogP) is 2.71. The number of anilines is 1. The van der Waals surface area contributed by atoms with Crippen molar-refractivity contribution in [1.82, 2.24) is 0 Å². The molecule has 1 aromatic carbocycles. The summed E-state index contributed by atoms with van der Waals surface area (Å²) in [4.78, 5) is 12.3. The molecule has 0 bridgehead atoms. The summed E-state index contributed by atoms with van der Waals surface area (Å²) in [6, 6.07) is 9.96. The number of aromatic hydroxyl groups is 1. The van der Waals surface area contributed by atoms with E-state index >= 15 is 0 Å². The average Bonchev–Trinajstić information content (AvgIpc) is 2.74. The van der Waals surface area contributed by atoms with Gasteiger partial charge in [0, 0.05) is 5.69 Å². The van der Waals surface area contributed by atoms with Gasteiger partial charge >= 0.3 is 0 Å². The van der Waals surface area contributed by atoms with Crippen molar-refractivity contribution in [3.05, 3.63) is 46.7 Å². The summed E-state index contributed by atoms with van der Waals surface area (Å²) in [5.41, 5.74) is 0.672. The lowest BCUT2D eigenvalue weighted by atomic mass is 10.3. The number of amides is 1. The summed E-state index contributed by atoms with van der Waals surface area (Å²) in [6.45, 7) is 0. The number of phenolic OH excluding ortho intramolecular Hbond substituents is 1. The first-order valence-electron chi connectivity index (χ1n) is 4.39. The maximum atomic E-state index is 11.6. The van der Waals surface area contributed by atoms with Crippen LogP contribution >= 0.6 is 11.3 Å². The van der Waals surface area contributed by atoms with Crippen molar-refractivity contribution in [2.24, 2.45) is 0 Å². The van der Waals surface area contributed by atoms with E-state index in [0.29, 0.717) is 10.6 Å². The molecule has 2 N–H and O–H groups in total. The Morgan fingerprint density at radius 1 is 1.20 bits per heavy atom. The van der Waals surface area contributed by atoms with Gasteiger partial charge in [0.05, 0.1) is 4.88 Å². The first-order chi connectivity index (χ1) is 7.25. The Bertz CT molecular complexity index is 448. The number of hydrogen-bond acceptors (Lipinski definition) is 3. The fraction of sp³-hybridized carbons (Fsp3) is 0. The number of hydrogen-bond donors (Lipinski definition) is 2. The first kappa shape index (κ1) is 9.73. The molecule has 4 heteroatoms. The molecule has 0 unspecified atom stereocenters. The third kappa shape index (κ3) is 2.35. The predicted molar refractivity (Wildman–Crippen MR) is 60.4 cm³/mol. The molecule has 76 valence electrons. The van der Waals surface area contributed by atoms with Gasteiger partial charge in [0.2, 0.25) is 0 Å². The van der Waals surface area contributed by atoms with E-state index in [4.69, 9.17) is 5.11 Å². The van der Waals surface area contributed by atoms with Crippen LogP contribution in [0.5, 0.6) is 5.75 Å². The molecule has 15 heavy (non-hydrogen) atoms. The van der Waals surface area contributed by atoms with Gasteiger partial charge in [-0.15, -0.1) is 11.3 Å². The SMILES string of the molecule is O=C(Nc1ccc(O)cc1)c1cccs1. The van der Waals surface area contributed by atoms with E-state index in [1.54, 1.807) is 18.2 Å². The van der Waals surface area contributed by atoms with Crippen molar-refractivity contribution in [2.45, 2.75) is 0 Å². The lowest BCUT2D eigenvalue weighted by molar-refractivity contribution is 0.103. The van der Waals surface area contributed by atoms with E-state index in [1.807, 2.05) is 11.4 Å². The molecule has 3 nitrogen and oxygen atoms in total. The molecule has 0 radical (unpaired) electrons. The Balaban J connectivity index is 2.09. The molecule has 1 heterocycles. The van der Waals surface area contributed by atoms with Crippen LogP contribution in [0.25, 0.3) is 0 Å². The summed E-state index contributed by atoms with van der Waals surface area (Å²) < 4.78 is 0. The average molecular weight is 219 g/mol. The standard InChI is InChI=1S/C11H9NO2S/c13-9-5-3-8(4-6-9)12-11(14)10-2-1-7-15-10/h1-7,13H,(H,12,14). The highest BCUT2D eigenvalue weighted by Gasteiger charge is 2.05. The second-order valence-corrected chi connectivity index (χ2v) is 3.93. The number of carbonyl (C=O) groups is 1. The van der Waals surface area contributed by atoms with Gasteiger partial charge in [-0.05, 0) is 35.7 Å². The van der Waals surface area contributed by atoms with Crippen LogP contribution in [-0.2, 0) is 0 Å². The van der Waals surface area contributed by atoms with Crippen molar-refractivity contribution in [2.75, 3.05) is 5.32 Å². The minimum atomic E-state index is -0.129. The van der Waals surface area contributed by atoms with Gasteiger partial charge in [0.1, 0.15) is 5.75 Å². The van der Waals surface area contributed by atoms with Crippen LogP contribution in [0.4, 0.5) is 5.69 Å². The highest BCUT2D eigenvalue weighted by Crippen LogP contribution is 2.16. The lowest BCUT2D eigenvalue weighted by Gasteiger charge is -2.02. The van der Waals surface area contributed by atoms with Crippen LogP contribution in [0.2, 0.25) is 0 Å². The molecule has 0 atom stereocenters. The minimum Gasteiger partial charge on any atom is -0.508 e. The summed E-state index contributed by atoms with van der Waals surface area (Å²) in [5.74, 6) is 0.0554. The number of rotatable bonds is 2. The van der Waals surface area contributed by atoms with Crippen LogP contribution in [0, 0.1) is 0 Å². The lowest BCUT2D eigenvalue weighted by Crippen LogP contribution is -2.09. The fourth-order valence-electron chi connectivity index (χ4n) is 1.15. The molecule has 0 saturated carbocycles. The Kier molecular flexibility index (Phi) is 2.69. The van der Waals surface area contributed by atoms with Gasteiger partial charge in [-0.2, -0.15) is 0 Å². The maximum Gasteiger partial charge on any atom is 0.265 e. The van der Waals surface area contributed by atoms with Gasteiger partial charge in [-0.3, -0.25) is 4.79 Å². The molecule has 0 spiro atoms. The Morgan fingerprint density at radius 3 is 2.53 bits per heavy atom. The van der Waals surface area contributed by atoms with Gasteiger partial charge in [0.25, 0.3) is 5.91 Å². The second-order valence-electron chi connectivity index (χ2n) is 2.98. The molecule has 2 aromatic rings. The summed E-state index contributed by atoms with van der Waals surface area (Å²) >= 11 is 1.39. The number of phenols is 1. The van der Waals surface area contributed by atoms with E-state index in [9.17, 15) is 4.79 Å². The quantitative estimate of drug-likeness (QED) is 0.763. The van der Waals surface area contributed by atoms with E-state index in [2.05, 4.69) is 5.32 Å². The third-order valence-corrected chi connectivity index (χ3v) is 2.74. The monoisotopic (exact) mass is 219 g/mol. The summed E-state index contributed by atoms with van der Waals surface area (Å²) in [5, 5.41) is 13.6. The van der Waals surface area contributed by atoms with Crippen molar-refractivity contribution < 1.29 is 9.90 Å². The molecule has 1 amide bonds. The Hall–Kier alpha value is -1.81. The molecular weight excluding hydrogens is 210 g/mol. The van der Waals surface area contributed by atoms with Gasteiger partial charge in [-0.25, -0.2) is 0 Å². The number of thiophene rings is 1. The smallest absolute Gasteiger partial charge is 0.265 e. The zero-order chi connectivity index (χ0) is 10.7. The van der Waals surface area contributed by atoms with Crippen LogP contribution in [0.1, 0.15) is 9.67 Å². The first-order valence-corrected chi connectivity index (χ1v) is 5.27. The van der Waals surface area contributed by atoms with E-state index < -0.39 is 0 Å². The van der Waals surface area contributed by atoms with E-state index in [1.165, 1.54) is 23.5 Å². The highest BCUT2D eigenvalue weighted by molar-refractivity contribution is 7.12. The number of carbonyl (C=O) groups excluding carboxylic acids is 1. The van der Waals surface area contributed by atoms with Crippen molar-refractivity contribution in [3.63, 3.8) is 0 Å². The molecular formula is C11H9NO2S. The van der Waals surface area contributed by atoms with E-state index in [0.717, 1.165) is 0 Å². The van der Waals surface area contributed by atoms with Crippen LogP contribution in [-0.4, -0.2) is 11.0 Å². The van der Waals surface area contributed by atoms with E-state index in [-0.39, 0.29) is 11.7 Å². The molecule has 0 saturated heterocycles. The zero-order valence-electron chi connectivity index (χ0n) is 7.81. The number of benzene rings is 1. The van der Waals surface area contributed by atoms with Gasteiger partial charge < -0.3 is 10.4 Å². The molecule has 0 aliphatic rings. The Labute approximate surface area is 91.0 Å². The van der Waals surface area contributed by atoms with Gasteiger partial charge in [-0.1, -0.05) is 6.07 Å². The topological polar surface area (TPSA) is 49.3 Å². The zero-order valence-corrected chi connectivity index (χ0v) is 8.62. The van der Waals surface area contributed by atoms with Crippen molar-refractivity contribution in [1.29, 1.82) is 0 Å². The van der Waals surface area contributed by atoms with Gasteiger partial charge in [0.15, 0.2) is 0 Å². The maximum absolute atomic E-state index is 11.6.